The summed E-state index contributed by atoms with van der Waals surface area (Å²) in [4.78, 5) is 17.1. The van der Waals surface area contributed by atoms with Crippen LogP contribution in [0.4, 0.5) is 0 Å². The fraction of sp³-hybridized carbons (Fsp3) is 0.632. The number of hydrogen-bond donors (Lipinski definition) is 1. The summed E-state index contributed by atoms with van der Waals surface area (Å²) >= 11 is 0. The number of aryl methyl sites for hydroxylation is 1. The average molecular weight is 348 g/mol. The Morgan fingerprint density at radius 1 is 1.28 bits per heavy atom. The van der Waals surface area contributed by atoms with E-state index in [1.165, 1.54) is 0 Å². The van der Waals surface area contributed by atoms with Crippen LogP contribution in [0.2, 0.25) is 0 Å². The van der Waals surface area contributed by atoms with Gasteiger partial charge in [0, 0.05) is 50.8 Å². The number of carbonyl (C=O) groups is 1. The fourth-order valence-corrected chi connectivity index (χ4v) is 3.83. The maximum Gasteiger partial charge on any atom is 0.253 e. The van der Waals surface area contributed by atoms with E-state index in [9.17, 15) is 9.90 Å². The Hall–Kier alpha value is -1.63. The van der Waals surface area contributed by atoms with E-state index in [0.717, 1.165) is 44.2 Å². The number of morpholine rings is 1. The maximum atomic E-state index is 12.9. The summed E-state index contributed by atoms with van der Waals surface area (Å²) in [6, 6.07) is 5.54. The molecule has 2 heterocycles. The number of methoxy groups -OCH3 is 1. The molecule has 2 fully saturated rings. The van der Waals surface area contributed by atoms with E-state index in [1.807, 2.05) is 30.0 Å². The van der Waals surface area contributed by atoms with E-state index >= 15 is 0 Å². The van der Waals surface area contributed by atoms with Crippen LogP contribution in [-0.2, 0) is 4.74 Å². The van der Waals surface area contributed by atoms with Gasteiger partial charge in [-0.1, -0.05) is 0 Å². The first-order valence-corrected chi connectivity index (χ1v) is 8.97. The topological polar surface area (TPSA) is 62.2 Å². The number of carbonyl (C=O) groups excluding carboxylic acids is 1. The third kappa shape index (κ3) is 4.14. The predicted molar refractivity (Wildman–Crippen MR) is 95.0 cm³/mol. The number of nitrogens with zero attached hydrogens (tertiary/aromatic N) is 2. The van der Waals surface area contributed by atoms with Crippen LogP contribution in [0.25, 0.3) is 0 Å². The highest BCUT2D eigenvalue weighted by Gasteiger charge is 2.36. The molecule has 3 rings (SSSR count). The van der Waals surface area contributed by atoms with Gasteiger partial charge in [-0.2, -0.15) is 0 Å². The van der Waals surface area contributed by atoms with Gasteiger partial charge < -0.3 is 19.5 Å². The van der Waals surface area contributed by atoms with E-state index in [4.69, 9.17) is 9.47 Å². The predicted octanol–water partition coefficient (Wildman–Crippen LogP) is 1.02. The van der Waals surface area contributed by atoms with Crippen molar-refractivity contribution >= 4 is 5.91 Å². The van der Waals surface area contributed by atoms with E-state index in [0.29, 0.717) is 24.6 Å². The molecule has 0 aliphatic carbocycles. The molecule has 1 amide bonds. The number of aliphatic hydroxyl groups is 1. The van der Waals surface area contributed by atoms with Crippen LogP contribution in [0, 0.1) is 18.8 Å². The molecule has 6 heteroatoms. The number of hydrogen-bond acceptors (Lipinski definition) is 5. The van der Waals surface area contributed by atoms with Crippen molar-refractivity contribution in [3.63, 3.8) is 0 Å². The third-order valence-corrected chi connectivity index (χ3v) is 5.34. The zero-order chi connectivity index (χ0) is 17.8. The van der Waals surface area contributed by atoms with Crippen LogP contribution in [0.3, 0.4) is 0 Å². The van der Waals surface area contributed by atoms with Gasteiger partial charge >= 0.3 is 0 Å². The van der Waals surface area contributed by atoms with Crippen molar-refractivity contribution in [2.24, 2.45) is 11.8 Å². The SMILES string of the molecule is COc1ccc(C(=O)N2CC(CO)C(CN3CCOCC3)C2)cc1C. The van der Waals surface area contributed by atoms with Gasteiger partial charge in [0.05, 0.1) is 20.3 Å². The molecular formula is C19H28N2O4. The lowest BCUT2D eigenvalue weighted by atomic mass is 9.96. The molecule has 1 N–H and O–H groups in total. The first-order valence-electron chi connectivity index (χ1n) is 8.97. The van der Waals surface area contributed by atoms with Gasteiger partial charge in [0.15, 0.2) is 0 Å². The first kappa shape index (κ1) is 18.2. The number of amides is 1. The van der Waals surface area contributed by atoms with Gasteiger partial charge in [-0.25, -0.2) is 0 Å². The highest BCUT2D eigenvalue weighted by Crippen LogP contribution is 2.27. The summed E-state index contributed by atoms with van der Waals surface area (Å²) in [7, 11) is 1.63. The summed E-state index contributed by atoms with van der Waals surface area (Å²) in [6.07, 6.45) is 0. The van der Waals surface area contributed by atoms with Crippen LogP contribution < -0.4 is 4.74 Å². The maximum absolute atomic E-state index is 12.9. The molecule has 0 aromatic heterocycles. The molecular weight excluding hydrogens is 320 g/mol. The van der Waals surface area contributed by atoms with Crippen LogP contribution in [0.15, 0.2) is 18.2 Å². The van der Waals surface area contributed by atoms with Gasteiger partial charge in [0.2, 0.25) is 0 Å². The van der Waals surface area contributed by atoms with Crippen molar-refractivity contribution in [2.45, 2.75) is 6.92 Å². The van der Waals surface area contributed by atoms with Gasteiger partial charge in [0.1, 0.15) is 5.75 Å². The zero-order valence-electron chi connectivity index (χ0n) is 15.1. The Kier molecular flexibility index (Phi) is 5.93. The van der Waals surface area contributed by atoms with E-state index < -0.39 is 0 Å². The highest BCUT2D eigenvalue weighted by molar-refractivity contribution is 5.94. The van der Waals surface area contributed by atoms with Crippen molar-refractivity contribution in [3.05, 3.63) is 29.3 Å². The Balaban J connectivity index is 1.66. The molecule has 2 aliphatic heterocycles. The van der Waals surface area contributed by atoms with Crippen LogP contribution in [0.1, 0.15) is 15.9 Å². The molecule has 0 saturated carbocycles. The first-order chi connectivity index (χ1) is 12.1. The normalized spacial score (nSPS) is 24.5. The van der Waals surface area contributed by atoms with Crippen molar-refractivity contribution < 1.29 is 19.4 Å². The van der Waals surface area contributed by atoms with Crippen LogP contribution in [-0.4, -0.2) is 80.5 Å². The Labute approximate surface area is 149 Å². The minimum atomic E-state index is 0.0358. The van der Waals surface area contributed by atoms with Gasteiger partial charge in [-0.3, -0.25) is 9.69 Å². The molecule has 2 unspecified atom stereocenters. The molecule has 0 radical (unpaired) electrons. The Morgan fingerprint density at radius 2 is 2.00 bits per heavy atom. The van der Waals surface area contributed by atoms with E-state index in [2.05, 4.69) is 4.90 Å². The monoisotopic (exact) mass is 348 g/mol. The van der Waals surface area contributed by atoms with Crippen molar-refractivity contribution in [2.75, 3.05) is 59.7 Å². The summed E-state index contributed by atoms with van der Waals surface area (Å²) in [5, 5.41) is 9.75. The summed E-state index contributed by atoms with van der Waals surface area (Å²) in [5.74, 6) is 1.28. The van der Waals surface area contributed by atoms with Crippen LogP contribution >= 0.6 is 0 Å². The zero-order valence-corrected chi connectivity index (χ0v) is 15.1. The standard InChI is InChI=1S/C19H28N2O4/c1-14-9-15(3-4-18(14)24-2)19(23)21-11-16(17(12-21)13-22)10-20-5-7-25-8-6-20/h3-4,9,16-17,22H,5-8,10-13H2,1-2H3. The van der Waals surface area contributed by atoms with Gasteiger partial charge in [-0.15, -0.1) is 0 Å². The molecule has 25 heavy (non-hydrogen) atoms. The minimum Gasteiger partial charge on any atom is -0.496 e. The number of rotatable bonds is 5. The molecule has 2 saturated heterocycles. The van der Waals surface area contributed by atoms with Gasteiger partial charge in [0.25, 0.3) is 5.91 Å². The molecule has 6 nitrogen and oxygen atoms in total. The third-order valence-electron chi connectivity index (χ3n) is 5.34. The van der Waals surface area contributed by atoms with E-state index in [-0.39, 0.29) is 18.4 Å². The molecule has 2 aliphatic rings. The lowest BCUT2D eigenvalue weighted by Gasteiger charge is -2.30. The lowest BCUT2D eigenvalue weighted by Crippen LogP contribution is -2.41. The van der Waals surface area contributed by atoms with Crippen molar-refractivity contribution in [1.29, 1.82) is 0 Å². The summed E-state index contributed by atoms with van der Waals surface area (Å²) in [6.45, 7) is 7.70. The van der Waals surface area contributed by atoms with Crippen molar-refractivity contribution in [1.82, 2.24) is 9.80 Å². The largest absolute Gasteiger partial charge is 0.496 e. The molecule has 1 aromatic carbocycles. The quantitative estimate of drug-likeness (QED) is 0.861. The average Bonchev–Trinajstić information content (AvgIpc) is 3.04. The number of likely N-dealkylation sites (tertiary alicyclic amines) is 1. The second-order valence-corrected chi connectivity index (χ2v) is 7.01. The molecule has 138 valence electrons. The fourth-order valence-electron chi connectivity index (χ4n) is 3.83. The summed E-state index contributed by atoms with van der Waals surface area (Å²) in [5.41, 5.74) is 1.64. The Bertz CT molecular complexity index is 601. The number of aliphatic hydroxyl groups excluding tert-OH is 1. The van der Waals surface area contributed by atoms with Gasteiger partial charge in [-0.05, 0) is 36.6 Å². The molecule has 1 aromatic rings. The second-order valence-electron chi connectivity index (χ2n) is 7.01. The highest BCUT2D eigenvalue weighted by atomic mass is 16.5. The second kappa shape index (κ2) is 8.17. The smallest absolute Gasteiger partial charge is 0.253 e. The van der Waals surface area contributed by atoms with Crippen molar-refractivity contribution in [3.8, 4) is 5.75 Å². The summed E-state index contributed by atoms with van der Waals surface area (Å²) < 4.78 is 10.7. The minimum absolute atomic E-state index is 0.0358. The molecule has 0 spiro atoms. The molecule has 2 atom stereocenters. The van der Waals surface area contributed by atoms with E-state index in [1.54, 1.807) is 7.11 Å². The van der Waals surface area contributed by atoms with Crippen LogP contribution in [0.5, 0.6) is 5.75 Å². The number of ether oxygens (including phenoxy) is 2. The lowest BCUT2D eigenvalue weighted by molar-refractivity contribution is 0.0264. The number of benzene rings is 1. The Morgan fingerprint density at radius 3 is 2.64 bits per heavy atom. The molecule has 0 bridgehead atoms.